The molecule has 4 heteroatoms. The molecule has 0 aromatic heterocycles. The number of hydrogen-bond acceptors (Lipinski definition) is 2. The van der Waals surface area contributed by atoms with Crippen LogP contribution >= 0.6 is 11.6 Å². The van der Waals surface area contributed by atoms with E-state index in [4.69, 9.17) is 17.3 Å². The highest BCUT2D eigenvalue weighted by Crippen LogP contribution is 2.36. The molecule has 0 spiro atoms. The maximum Gasteiger partial charge on any atom is 0.141 e. The summed E-state index contributed by atoms with van der Waals surface area (Å²) in [7, 11) is 0. The van der Waals surface area contributed by atoms with E-state index in [0.717, 1.165) is 31.5 Å². The van der Waals surface area contributed by atoms with E-state index < -0.39 is 0 Å². The minimum Gasteiger partial charge on any atom is -0.330 e. The molecule has 2 atom stereocenters. The highest BCUT2D eigenvalue weighted by molar-refractivity contribution is 6.30. The molecule has 1 aliphatic heterocycles. The zero-order valence-electron chi connectivity index (χ0n) is 11.4. The number of halogens is 2. The van der Waals surface area contributed by atoms with Crippen LogP contribution in [0.1, 0.15) is 37.8 Å². The largest absolute Gasteiger partial charge is 0.330 e. The van der Waals surface area contributed by atoms with Gasteiger partial charge in [-0.15, -0.1) is 0 Å². The molecule has 1 fully saturated rings. The average Bonchev–Trinajstić information content (AvgIpc) is 2.42. The molecular formula is C15H22ClFN2. The van der Waals surface area contributed by atoms with Gasteiger partial charge in [-0.05, 0) is 62.5 Å². The fourth-order valence-corrected chi connectivity index (χ4v) is 3.30. The van der Waals surface area contributed by atoms with Crippen molar-refractivity contribution < 1.29 is 4.39 Å². The summed E-state index contributed by atoms with van der Waals surface area (Å²) in [5.74, 6) is 0.0781. The third-order valence-electron chi connectivity index (χ3n) is 3.96. The zero-order chi connectivity index (χ0) is 13.8. The van der Waals surface area contributed by atoms with Crippen LogP contribution in [0, 0.1) is 11.7 Å². The lowest BCUT2D eigenvalue weighted by molar-refractivity contribution is 0.0960. The fraction of sp³-hybridized carbons (Fsp3) is 0.600. The van der Waals surface area contributed by atoms with Crippen molar-refractivity contribution in [3.63, 3.8) is 0 Å². The van der Waals surface area contributed by atoms with Gasteiger partial charge in [0.05, 0.1) is 5.02 Å². The van der Waals surface area contributed by atoms with E-state index in [1.54, 1.807) is 6.07 Å². The Labute approximate surface area is 119 Å². The van der Waals surface area contributed by atoms with E-state index in [1.807, 2.05) is 6.07 Å². The van der Waals surface area contributed by atoms with E-state index >= 15 is 0 Å². The Morgan fingerprint density at radius 1 is 1.47 bits per heavy atom. The summed E-state index contributed by atoms with van der Waals surface area (Å²) < 4.78 is 13.3. The standard InChI is InChI=1S/C15H22ClFN2/c1-2-7-19-8-3-4-12(10-18)15(19)11-5-6-14(17)13(16)9-11/h5-6,9,12,15H,2-4,7-8,10,18H2,1H3. The molecule has 0 bridgehead atoms. The second-order valence-corrected chi connectivity index (χ2v) is 5.70. The summed E-state index contributed by atoms with van der Waals surface area (Å²) in [6.45, 7) is 4.99. The number of benzene rings is 1. The van der Waals surface area contributed by atoms with Crippen LogP contribution in [0.15, 0.2) is 18.2 Å². The number of likely N-dealkylation sites (tertiary alicyclic amines) is 1. The highest BCUT2D eigenvalue weighted by Gasteiger charge is 2.31. The number of hydrogen-bond donors (Lipinski definition) is 1. The molecule has 106 valence electrons. The van der Waals surface area contributed by atoms with Gasteiger partial charge in [-0.25, -0.2) is 4.39 Å². The first-order valence-electron chi connectivity index (χ1n) is 7.06. The lowest BCUT2D eigenvalue weighted by Crippen LogP contribution is -2.41. The molecule has 2 N–H and O–H groups in total. The van der Waals surface area contributed by atoms with Gasteiger partial charge in [0, 0.05) is 6.04 Å². The second kappa shape index (κ2) is 6.69. The van der Waals surface area contributed by atoms with Crippen molar-refractivity contribution >= 4 is 11.6 Å². The molecule has 1 aromatic carbocycles. The third-order valence-corrected chi connectivity index (χ3v) is 4.25. The average molecular weight is 285 g/mol. The number of rotatable bonds is 4. The molecule has 1 saturated heterocycles. The lowest BCUT2D eigenvalue weighted by Gasteiger charge is -2.41. The second-order valence-electron chi connectivity index (χ2n) is 5.29. The SMILES string of the molecule is CCCN1CCCC(CN)C1c1ccc(F)c(Cl)c1. The van der Waals surface area contributed by atoms with Crippen LogP contribution in [0.2, 0.25) is 5.02 Å². The van der Waals surface area contributed by atoms with Gasteiger partial charge in [-0.2, -0.15) is 0 Å². The van der Waals surface area contributed by atoms with Crippen LogP contribution < -0.4 is 5.73 Å². The maximum atomic E-state index is 13.3. The molecule has 1 aliphatic rings. The van der Waals surface area contributed by atoms with E-state index in [1.165, 1.54) is 12.5 Å². The first-order valence-corrected chi connectivity index (χ1v) is 7.44. The molecule has 0 saturated carbocycles. The summed E-state index contributed by atoms with van der Waals surface area (Å²) in [5, 5.41) is 0.204. The van der Waals surface area contributed by atoms with E-state index in [2.05, 4.69) is 11.8 Å². The molecule has 0 radical (unpaired) electrons. The van der Waals surface area contributed by atoms with Crippen LogP contribution in [-0.4, -0.2) is 24.5 Å². The molecule has 1 heterocycles. The molecule has 2 rings (SSSR count). The van der Waals surface area contributed by atoms with Gasteiger partial charge in [0.15, 0.2) is 0 Å². The van der Waals surface area contributed by atoms with Gasteiger partial charge in [0.1, 0.15) is 5.82 Å². The van der Waals surface area contributed by atoms with Gasteiger partial charge in [-0.3, -0.25) is 4.90 Å². The predicted octanol–water partition coefficient (Wildman–Crippen LogP) is 3.60. The Hall–Kier alpha value is -0.640. The Morgan fingerprint density at radius 2 is 2.26 bits per heavy atom. The third kappa shape index (κ3) is 3.28. The smallest absolute Gasteiger partial charge is 0.141 e. The maximum absolute atomic E-state index is 13.3. The molecule has 0 amide bonds. The summed E-state index contributed by atoms with van der Waals surface area (Å²) in [6.07, 6.45) is 3.44. The molecular weight excluding hydrogens is 263 g/mol. The molecule has 2 nitrogen and oxygen atoms in total. The van der Waals surface area contributed by atoms with Gasteiger partial charge in [-0.1, -0.05) is 24.6 Å². The first kappa shape index (κ1) is 14.8. The van der Waals surface area contributed by atoms with Crippen molar-refractivity contribution in [2.75, 3.05) is 19.6 Å². The topological polar surface area (TPSA) is 29.3 Å². The van der Waals surface area contributed by atoms with Crippen LogP contribution in [0.25, 0.3) is 0 Å². The van der Waals surface area contributed by atoms with Crippen molar-refractivity contribution in [1.29, 1.82) is 0 Å². The minimum atomic E-state index is -0.354. The molecule has 1 aromatic rings. The summed E-state index contributed by atoms with van der Waals surface area (Å²) in [4.78, 5) is 2.46. The number of nitrogens with two attached hydrogens (primary N) is 1. The van der Waals surface area contributed by atoms with Crippen molar-refractivity contribution in [3.8, 4) is 0 Å². The number of piperidine rings is 1. The van der Waals surface area contributed by atoms with E-state index in [9.17, 15) is 4.39 Å². The van der Waals surface area contributed by atoms with Crippen LogP contribution in [0.4, 0.5) is 4.39 Å². The zero-order valence-corrected chi connectivity index (χ0v) is 12.2. The van der Waals surface area contributed by atoms with Crippen molar-refractivity contribution in [3.05, 3.63) is 34.6 Å². The lowest BCUT2D eigenvalue weighted by atomic mass is 9.84. The first-order chi connectivity index (χ1) is 9.17. The van der Waals surface area contributed by atoms with Crippen molar-refractivity contribution in [2.45, 2.75) is 32.2 Å². The van der Waals surface area contributed by atoms with E-state index in [-0.39, 0.29) is 16.9 Å². The minimum absolute atomic E-state index is 0.204. The van der Waals surface area contributed by atoms with Crippen LogP contribution in [0.3, 0.4) is 0 Å². The Balaban J connectivity index is 2.30. The van der Waals surface area contributed by atoms with E-state index in [0.29, 0.717) is 12.5 Å². The summed E-state index contributed by atoms with van der Waals surface area (Å²) >= 11 is 5.92. The van der Waals surface area contributed by atoms with Crippen molar-refractivity contribution in [1.82, 2.24) is 4.90 Å². The van der Waals surface area contributed by atoms with Crippen LogP contribution in [-0.2, 0) is 0 Å². The number of nitrogens with zero attached hydrogens (tertiary/aromatic N) is 1. The molecule has 2 unspecified atom stereocenters. The Morgan fingerprint density at radius 3 is 2.89 bits per heavy atom. The fourth-order valence-electron chi connectivity index (χ4n) is 3.12. The van der Waals surface area contributed by atoms with Gasteiger partial charge in [0.25, 0.3) is 0 Å². The molecule has 0 aliphatic carbocycles. The van der Waals surface area contributed by atoms with Gasteiger partial charge in [0.2, 0.25) is 0 Å². The Bertz CT molecular complexity index is 423. The predicted molar refractivity (Wildman–Crippen MR) is 77.8 cm³/mol. The van der Waals surface area contributed by atoms with Gasteiger partial charge >= 0.3 is 0 Å². The normalized spacial score (nSPS) is 24.6. The monoisotopic (exact) mass is 284 g/mol. The van der Waals surface area contributed by atoms with Crippen LogP contribution in [0.5, 0.6) is 0 Å². The van der Waals surface area contributed by atoms with Gasteiger partial charge < -0.3 is 5.73 Å². The Kier molecular flexibility index (Phi) is 5.20. The quantitative estimate of drug-likeness (QED) is 0.915. The highest BCUT2D eigenvalue weighted by atomic mass is 35.5. The summed E-state index contributed by atoms with van der Waals surface area (Å²) in [6, 6.07) is 5.35. The molecule has 19 heavy (non-hydrogen) atoms. The van der Waals surface area contributed by atoms with Crippen molar-refractivity contribution in [2.24, 2.45) is 11.7 Å². The summed E-state index contributed by atoms with van der Waals surface area (Å²) in [5.41, 5.74) is 7.02.